The molecule has 6 rings (SSSR count). The van der Waals surface area contributed by atoms with Crippen molar-refractivity contribution in [1.82, 2.24) is 0 Å². The highest BCUT2D eigenvalue weighted by atomic mass is 35.5. The summed E-state index contributed by atoms with van der Waals surface area (Å²) in [6, 6.07) is 23.8. The number of hydrogen-bond donors (Lipinski definition) is 1. The van der Waals surface area contributed by atoms with Gasteiger partial charge in [-0.25, -0.2) is 4.79 Å². The number of benzene rings is 4. The van der Waals surface area contributed by atoms with Crippen LogP contribution in [0, 0.1) is 17.7 Å². The Kier molecular flexibility index (Phi) is 12.3. The van der Waals surface area contributed by atoms with Crippen molar-refractivity contribution in [3.05, 3.63) is 106 Å². The van der Waals surface area contributed by atoms with E-state index >= 15 is 0 Å². The van der Waals surface area contributed by atoms with Crippen LogP contribution in [0.2, 0.25) is 5.02 Å². The molecule has 50 heavy (non-hydrogen) atoms. The Balaban J connectivity index is 0.947. The zero-order valence-corrected chi connectivity index (χ0v) is 30.2. The van der Waals surface area contributed by atoms with Gasteiger partial charge in [-0.15, -0.1) is 0 Å². The van der Waals surface area contributed by atoms with Gasteiger partial charge in [-0.1, -0.05) is 61.3 Å². The number of fused-ring (bicyclic) bond motifs is 1. The molecule has 1 saturated heterocycles. The number of halogens is 1. The van der Waals surface area contributed by atoms with Crippen LogP contribution in [0.4, 0.5) is 0 Å². The van der Waals surface area contributed by atoms with Crippen molar-refractivity contribution in [3.63, 3.8) is 0 Å². The third-order valence-corrected chi connectivity index (χ3v) is 11.2. The fourth-order valence-electron chi connectivity index (χ4n) is 7.31. The standard InChI is InChI=1S/C43H50ClNO5/c1-3-43(28-48-29-43)27-47-22-6-4-5-7-23-49-36-18-13-32(14-19-36)31-9-11-33(12-10-31)38-20-15-34-24-35(16-21-39(34)40(38)26-45)42(46)50-37-17-8-30(2)41(44)25-37/h8,13-21,24-26,31,33,45H,3-7,9-12,22-23,27-29H2,1-2H3. The number of unbranched alkanes of at least 4 members (excludes halogenated alkanes) is 3. The molecule has 1 aliphatic heterocycles. The molecular formula is C43H50ClNO5. The van der Waals surface area contributed by atoms with Gasteiger partial charge in [0, 0.05) is 28.8 Å². The van der Waals surface area contributed by atoms with Gasteiger partial charge in [-0.2, -0.15) is 0 Å². The van der Waals surface area contributed by atoms with Gasteiger partial charge in [-0.05, 0) is 134 Å². The van der Waals surface area contributed by atoms with Gasteiger partial charge in [0.15, 0.2) is 0 Å². The third-order valence-electron chi connectivity index (χ3n) is 10.8. The minimum Gasteiger partial charge on any atom is -0.494 e. The average molecular weight is 696 g/mol. The number of hydrogen-bond acceptors (Lipinski definition) is 6. The summed E-state index contributed by atoms with van der Waals surface area (Å²) in [6.45, 7) is 8.24. The average Bonchev–Trinajstić information content (AvgIpc) is 3.13. The summed E-state index contributed by atoms with van der Waals surface area (Å²) >= 11 is 6.21. The van der Waals surface area contributed by atoms with E-state index in [0.717, 1.165) is 112 Å². The van der Waals surface area contributed by atoms with Crippen LogP contribution in [0.1, 0.15) is 109 Å². The Bertz CT molecular complexity index is 1750. The highest BCUT2D eigenvalue weighted by Crippen LogP contribution is 2.42. The molecule has 0 amide bonds. The Morgan fingerprint density at radius 1 is 0.880 bits per heavy atom. The number of nitrogens with one attached hydrogen (secondary N) is 1. The lowest BCUT2D eigenvalue weighted by Crippen LogP contribution is -2.45. The number of carbonyl (C=O) groups excluding carboxylic acids is 1. The van der Waals surface area contributed by atoms with Gasteiger partial charge in [0.05, 0.1) is 32.0 Å². The van der Waals surface area contributed by atoms with Gasteiger partial charge in [0.1, 0.15) is 11.5 Å². The summed E-state index contributed by atoms with van der Waals surface area (Å²) in [5, 5.41) is 10.8. The maximum absolute atomic E-state index is 12.9. The van der Waals surface area contributed by atoms with Crippen LogP contribution in [0.15, 0.2) is 72.8 Å². The van der Waals surface area contributed by atoms with Gasteiger partial charge < -0.3 is 24.4 Å². The van der Waals surface area contributed by atoms with Crippen LogP contribution in [0.25, 0.3) is 10.8 Å². The molecule has 4 aromatic rings. The minimum absolute atomic E-state index is 0.277. The summed E-state index contributed by atoms with van der Waals surface area (Å²) in [5.41, 5.74) is 5.21. The molecule has 264 valence electrons. The van der Waals surface area contributed by atoms with E-state index in [4.69, 9.17) is 36.0 Å². The molecule has 7 heteroatoms. The van der Waals surface area contributed by atoms with E-state index in [2.05, 4.69) is 43.3 Å². The number of carbonyl (C=O) groups is 1. The van der Waals surface area contributed by atoms with Gasteiger partial charge in [0.2, 0.25) is 0 Å². The molecule has 6 nitrogen and oxygen atoms in total. The second-order valence-corrected chi connectivity index (χ2v) is 14.6. The molecule has 4 aromatic carbocycles. The first-order chi connectivity index (χ1) is 24.4. The lowest BCUT2D eigenvalue weighted by molar-refractivity contribution is -0.150. The molecule has 0 unspecified atom stereocenters. The van der Waals surface area contributed by atoms with E-state index in [-0.39, 0.29) is 5.41 Å². The Labute approximate surface area is 301 Å². The molecular weight excluding hydrogens is 646 g/mol. The van der Waals surface area contributed by atoms with E-state index in [9.17, 15) is 4.79 Å². The summed E-state index contributed by atoms with van der Waals surface area (Å²) in [6.07, 6.45) is 11.5. The molecule has 0 bridgehead atoms. The van der Waals surface area contributed by atoms with Crippen molar-refractivity contribution in [2.45, 2.75) is 83.5 Å². The van der Waals surface area contributed by atoms with Crippen LogP contribution < -0.4 is 9.47 Å². The first-order valence-corrected chi connectivity index (χ1v) is 18.7. The maximum Gasteiger partial charge on any atom is 0.343 e. The molecule has 0 atom stereocenters. The van der Waals surface area contributed by atoms with E-state index < -0.39 is 5.97 Å². The van der Waals surface area contributed by atoms with Crippen LogP contribution >= 0.6 is 11.6 Å². The predicted molar refractivity (Wildman–Crippen MR) is 202 cm³/mol. The van der Waals surface area contributed by atoms with Crippen molar-refractivity contribution in [1.29, 1.82) is 5.41 Å². The lowest BCUT2D eigenvalue weighted by atomic mass is 9.75. The van der Waals surface area contributed by atoms with Crippen LogP contribution in [-0.4, -0.2) is 45.2 Å². The van der Waals surface area contributed by atoms with Crippen molar-refractivity contribution < 1.29 is 23.7 Å². The van der Waals surface area contributed by atoms with E-state index in [1.165, 1.54) is 23.8 Å². The van der Waals surface area contributed by atoms with E-state index in [1.807, 2.05) is 25.1 Å². The first-order valence-electron chi connectivity index (χ1n) is 18.3. The highest BCUT2D eigenvalue weighted by molar-refractivity contribution is 6.31. The van der Waals surface area contributed by atoms with Crippen molar-refractivity contribution in [3.8, 4) is 11.5 Å². The first kappa shape index (κ1) is 36.1. The Morgan fingerprint density at radius 2 is 1.60 bits per heavy atom. The van der Waals surface area contributed by atoms with E-state index in [0.29, 0.717) is 28.2 Å². The van der Waals surface area contributed by atoms with Crippen molar-refractivity contribution in [2.24, 2.45) is 5.41 Å². The van der Waals surface area contributed by atoms with Crippen LogP contribution in [0.3, 0.4) is 0 Å². The van der Waals surface area contributed by atoms with Crippen molar-refractivity contribution >= 4 is 34.6 Å². The van der Waals surface area contributed by atoms with Gasteiger partial charge in [0.25, 0.3) is 0 Å². The summed E-state index contributed by atoms with van der Waals surface area (Å²) in [5.74, 6) is 1.87. The summed E-state index contributed by atoms with van der Waals surface area (Å²) in [7, 11) is 0. The Hall–Kier alpha value is -3.71. The molecule has 1 heterocycles. The molecule has 0 aromatic heterocycles. The Morgan fingerprint density at radius 3 is 2.28 bits per heavy atom. The number of aryl methyl sites for hydroxylation is 1. The second-order valence-electron chi connectivity index (χ2n) is 14.2. The SMILES string of the molecule is CCC1(COCCCCCCOc2ccc(C3CCC(c4ccc5cc(C(=O)Oc6ccc(C)c(Cl)c6)ccc5c4C=N)CC3)cc2)COC1. The lowest BCUT2D eigenvalue weighted by Gasteiger charge is -2.40. The normalized spacial score (nSPS) is 18.4. The quantitative estimate of drug-likeness (QED) is 0.0546. The number of ether oxygens (including phenoxy) is 4. The third kappa shape index (κ3) is 8.77. The van der Waals surface area contributed by atoms with Gasteiger partial charge in [-0.3, -0.25) is 0 Å². The zero-order valence-electron chi connectivity index (χ0n) is 29.5. The van der Waals surface area contributed by atoms with Gasteiger partial charge >= 0.3 is 5.97 Å². The maximum atomic E-state index is 12.9. The fourth-order valence-corrected chi connectivity index (χ4v) is 7.48. The summed E-state index contributed by atoms with van der Waals surface area (Å²) in [4.78, 5) is 12.9. The smallest absolute Gasteiger partial charge is 0.343 e. The molecule has 2 aliphatic rings. The topological polar surface area (TPSA) is 77.8 Å². The van der Waals surface area contributed by atoms with Crippen LogP contribution in [-0.2, 0) is 9.47 Å². The van der Waals surface area contributed by atoms with E-state index in [1.54, 1.807) is 18.2 Å². The fraction of sp³-hybridized carbons (Fsp3) is 0.442. The second kappa shape index (κ2) is 17.0. The molecule has 1 saturated carbocycles. The molecule has 0 spiro atoms. The molecule has 0 radical (unpaired) electrons. The zero-order chi connectivity index (χ0) is 34.9. The van der Waals surface area contributed by atoms with Crippen molar-refractivity contribution in [2.75, 3.05) is 33.0 Å². The number of esters is 1. The van der Waals surface area contributed by atoms with Crippen LogP contribution in [0.5, 0.6) is 11.5 Å². The molecule has 1 aliphatic carbocycles. The minimum atomic E-state index is -0.432. The molecule has 1 N–H and O–H groups in total. The highest BCUT2D eigenvalue weighted by Gasteiger charge is 2.36. The predicted octanol–water partition coefficient (Wildman–Crippen LogP) is 10.8. The largest absolute Gasteiger partial charge is 0.494 e. The monoisotopic (exact) mass is 695 g/mol. The summed E-state index contributed by atoms with van der Waals surface area (Å²) < 4.78 is 22.9. The number of rotatable bonds is 16. The molecule has 2 fully saturated rings.